The first kappa shape index (κ1) is 23.1. The molecule has 0 unspecified atom stereocenters. The molecule has 1 aromatic heterocycles. The average molecular weight is 436 g/mol. The second-order valence-corrected chi connectivity index (χ2v) is 8.10. The molecule has 1 N–H and O–H groups in total. The Balaban J connectivity index is 1.58. The van der Waals surface area contributed by atoms with Crippen LogP contribution in [0.4, 0.5) is 5.69 Å². The molecule has 3 aromatic rings. The number of amides is 2. The zero-order valence-corrected chi connectivity index (χ0v) is 19.4. The number of benzene rings is 2. The van der Waals surface area contributed by atoms with Crippen molar-refractivity contribution in [2.45, 2.75) is 41.2 Å². The highest BCUT2D eigenvalue weighted by atomic mass is 16.5. The lowest BCUT2D eigenvalue weighted by atomic mass is 10.1. The summed E-state index contributed by atoms with van der Waals surface area (Å²) in [6.07, 6.45) is 0. The van der Waals surface area contributed by atoms with E-state index in [1.165, 1.54) is 4.90 Å². The van der Waals surface area contributed by atoms with Gasteiger partial charge in [0.2, 0.25) is 5.91 Å². The normalized spacial score (nSPS) is 10.7. The first-order valence-corrected chi connectivity index (χ1v) is 10.4. The van der Waals surface area contributed by atoms with Crippen molar-refractivity contribution in [3.8, 4) is 5.75 Å². The topological polar surface area (TPSA) is 84.7 Å². The molecule has 0 radical (unpaired) electrons. The Morgan fingerprint density at radius 2 is 1.66 bits per heavy atom. The molecule has 7 nitrogen and oxygen atoms in total. The molecule has 0 spiro atoms. The number of carbonyl (C=O) groups is 2. The Bertz CT molecular complexity index is 1090. The number of nitrogens with zero attached hydrogens (tertiary/aromatic N) is 2. The van der Waals surface area contributed by atoms with E-state index in [0.717, 1.165) is 39.4 Å². The molecule has 0 atom stereocenters. The molecule has 32 heavy (non-hydrogen) atoms. The van der Waals surface area contributed by atoms with E-state index in [0.29, 0.717) is 17.9 Å². The predicted octanol–water partition coefficient (Wildman–Crippen LogP) is 4.51. The highest BCUT2D eigenvalue weighted by molar-refractivity contribution is 5.99. The van der Waals surface area contributed by atoms with E-state index in [-0.39, 0.29) is 18.4 Å². The van der Waals surface area contributed by atoms with E-state index in [1.807, 2.05) is 46.8 Å². The van der Waals surface area contributed by atoms with Crippen LogP contribution in [0, 0.1) is 34.6 Å². The zero-order valence-electron chi connectivity index (χ0n) is 19.4. The molecule has 1 heterocycles. The maximum atomic E-state index is 12.7. The van der Waals surface area contributed by atoms with Crippen molar-refractivity contribution in [3.05, 3.63) is 75.7 Å². The molecule has 0 saturated carbocycles. The number of likely N-dealkylation sites (N-methyl/N-ethyl adjacent to an activating group) is 1. The second-order valence-electron chi connectivity index (χ2n) is 8.10. The molecule has 0 aliphatic carbocycles. The zero-order chi connectivity index (χ0) is 23.4. The van der Waals surface area contributed by atoms with Crippen molar-refractivity contribution in [2.75, 3.05) is 18.9 Å². The molecular formula is C25H29N3O4. The van der Waals surface area contributed by atoms with Crippen molar-refractivity contribution >= 4 is 17.5 Å². The van der Waals surface area contributed by atoms with Crippen LogP contribution in [-0.4, -0.2) is 35.5 Å². The van der Waals surface area contributed by atoms with Crippen LogP contribution >= 0.6 is 0 Å². The number of carbonyl (C=O) groups excluding carboxylic acids is 2. The summed E-state index contributed by atoms with van der Waals surface area (Å²) in [5, 5.41) is 6.84. The standard InChI is InChI=1S/C25H29N3O4/c1-15-11-16(2)24(17(3)12-15)26-23(29)13-28(6)25(30)20-7-9-21(10-8-20)31-14-22-18(4)27-32-19(22)5/h7-12H,13-14H2,1-6H3,(H,26,29). The number of hydrogen-bond donors (Lipinski definition) is 1. The van der Waals surface area contributed by atoms with Crippen LogP contribution in [0.2, 0.25) is 0 Å². The predicted molar refractivity (Wildman–Crippen MR) is 123 cm³/mol. The van der Waals surface area contributed by atoms with Gasteiger partial charge in [-0.2, -0.15) is 0 Å². The maximum absolute atomic E-state index is 12.7. The average Bonchev–Trinajstić information content (AvgIpc) is 3.06. The molecule has 0 bridgehead atoms. The number of nitrogens with one attached hydrogen (secondary N) is 1. The Morgan fingerprint density at radius 1 is 1.03 bits per heavy atom. The quantitative estimate of drug-likeness (QED) is 0.590. The van der Waals surface area contributed by atoms with E-state index in [2.05, 4.69) is 10.5 Å². The van der Waals surface area contributed by atoms with Crippen LogP contribution in [0.3, 0.4) is 0 Å². The highest BCUT2D eigenvalue weighted by Gasteiger charge is 2.17. The van der Waals surface area contributed by atoms with Crippen LogP contribution < -0.4 is 10.1 Å². The van der Waals surface area contributed by atoms with Gasteiger partial charge in [0.15, 0.2) is 0 Å². The summed E-state index contributed by atoms with van der Waals surface area (Å²) in [7, 11) is 1.61. The van der Waals surface area contributed by atoms with Crippen molar-refractivity contribution in [3.63, 3.8) is 0 Å². The fraction of sp³-hybridized carbons (Fsp3) is 0.320. The van der Waals surface area contributed by atoms with Crippen LogP contribution in [0.5, 0.6) is 5.75 Å². The molecule has 0 saturated heterocycles. The molecule has 7 heteroatoms. The fourth-order valence-electron chi connectivity index (χ4n) is 3.62. The summed E-state index contributed by atoms with van der Waals surface area (Å²) in [5.41, 5.74) is 6.12. The van der Waals surface area contributed by atoms with Crippen molar-refractivity contribution in [1.82, 2.24) is 10.1 Å². The monoisotopic (exact) mass is 435 g/mol. The van der Waals surface area contributed by atoms with Gasteiger partial charge in [0.05, 0.1) is 17.8 Å². The van der Waals surface area contributed by atoms with Gasteiger partial charge in [0.25, 0.3) is 5.91 Å². The minimum absolute atomic E-state index is 0.0457. The summed E-state index contributed by atoms with van der Waals surface area (Å²) >= 11 is 0. The molecule has 0 aliphatic heterocycles. The first-order chi connectivity index (χ1) is 15.2. The van der Waals surface area contributed by atoms with Crippen molar-refractivity contribution in [2.24, 2.45) is 0 Å². The third-order valence-corrected chi connectivity index (χ3v) is 5.33. The van der Waals surface area contributed by atoms with Gasteiger partial charge in [-0.25, -0.2) is 0 Å². The van der Waals surface area contributed by atoms with Gasteiger partial charge in [-0.05, 0) is 70.0 Å². The third kappa shape index (κ3) is 5.35. The lowest BCUT2D eigenvalue weighted by molar-refractivity contribution is -0.116. The van der Waals surface area contributed by atoms with Crippen LogP contribution in [0.1, 0.15) is 44.1 Å². The number of aromatic nitrogens is 1. The van der Waals surface area contributed by atoms with Gasteiger partial charge < -0.3 is 19.5 Å². The number of ether oxygens (including phenoxy) is 1. The lowest BCUT2D eigenvalue weighted by Crippen LogP contribution is -2.35. The Labute approximate surface area is 188 Å². The smallest absolute Gasteiger partial charge is 0.254 e. The lowest BCUT2D eigenvalue weighted by Gasteiger charge is -2.19. The molecular weight excluding hydrogens is 406 g/mol. The number of hydrogen-bond acceptors (Lipinski definition) is 5. The van der Waals surface area contributed by atoms with E-state index < -0.39 is 0 Å². The summed E-state index contributed by atoms with van der Waals surface area (Å²) in [4.78, 5) is 26.7. The van der Waals surface area contributed by atoms with Crippen molar-refractivity contribution < 1.29 is 18.8 Å². The Kier molecular flexibility index (Phi) is 6.98. The fourth-order valence-corrected chi connectivity index (χ4v) is 3.62. The SMILES string of the molecule is Cc1cc(C)c(NC(=O)CN(C)C(=O)c2ccc(OCc3c(C)noc3C)cc2)c(C)c1. The van der Waals surface area contributed by atoms with Gasteiger partial charge in [0.1, 0.15) is 18.1 Å². The van der Waals surface area contributed by atoms with Gasteiger partial charge in [-0.3, -0.25) is 9.59 Å². The largest absolute Gasteiger partial charge is 0.489 e. The molecule has 168 valence electrons. The Morgan fingerprint density at radius 3 is 2.22 bits per heavy atom. The van der Waals surface area contributed by atoms with Gasteiger partial charge in [-0.1, -0.05) is 22.9 Å². The molecule has 0 aliphatic rings. The van der Waals surface area contributed by atoms with Gasteiger partial charge in [0, 0.05) is 18.3 Å². The Hall–Kier alpha value is -3.61. The van der Waals surface area contributed by atoms with E-state index >= 15 is 0 Å². The summed E-state index contributed by atoms with van der Waals surface area (Å²) in [5.74, 6) is 0.877. The minimum atomic E-state index is -0.241. The van der Waals surface area contributed by atoms with E-state index in [1.54, 1.807) is 31.3 Å². The second kappa shape index (κ2) is 9.68. The van der Waals surface area contributed by atoms with Gasteiger partial charge in [-0.15, -0.1) is 0 Å². The van der Waals surface area contributed by atoms with E-state index in [9.17, 15) is 9.59 Å². The number of rotatable bonds is 7. The van der Waals surface area contributed by atoms with Crippen LogP contribution in [0.25, 0.3) is 0 Å². The van der Waals surface area contributed by atoms with Crippen molar-refractivity contribution in [1.29, 1.82) is 0 Å². The third-order valence-electron chi connectivity index (χ3n) is 5.33. The van der Waals surface area contributed by atoms with Crippen LogP contribution in [-0.2, 0) is 11.4 Å². The minimum Gasteiger partial charge on any atom is -0.489 e. The van der Waals surface area contributed by atoms with Crippen LogP contribution in [0.15, 0.2) is 40.9 Å². The maximum Gasteiger partial charge on any atom is 0.254 e. The molecule has 0 fully saturated rings. The number of aryl methyl sites for hydroxylation is 5. The van der Waals surface area contributed by atoms with E-state index in [4.69, 9.17) is 9.26 Å². The molecule has 2 amide bonds. The summed E-state index contributed by atoms with van der Waals surface area (Å²) in [6, 6.07) is 10.9. The first-order valence-electron chi connectivity index (χ1n) is 10.4. The summed E-state index contributed by atoms with van der Waals surface area (Å²) < 4.78 is 10.9. The number of anilines is 1. The molecule has 2 aromatic carbocycles. The highest BCUT2D eigenvalue weighted by Crippen LogP contribution is 2.22. The molecule has 3 rings (SSSR count). The van der Waals surface area contributed by atoms with Gasteiger partial charge >= 0.3 is 0 Å². The summed E-state index contributed by atoms with van der Waals surface area (Å²) in [6.45, 7) is 9.94.